The second-order valence-electron chi connectivity index (χ2n) is 6.43. The van der Waals surface area contributed by atoms with Gasteiger partial charge < -0.3 is 14.4 Å². The molecule has 2 aliphatic heterocycles. The Labute approximate surface area is 177 Å². The number of rotatable bonds is 6. The van der Waals surface area contributed by atoms with E-state index in [1.54, 1.807) is 6.92 Å². The SMILES string of the molecule is CCOc1cc(Br)c(N2C(=NC(=O)CC)S[C@@H]3CS(=O)(=O)C[C@H]32)cc1OCC. The Morgan fingerprint density at radius 2 is 1.86 bits per heavy atom. The van der Waals surface area contributed by atoms with E-state index < -0.39 is 9.84 Å². The molecule has 7 nitrogen and oxygen atoms in total. The third-order valence-corrected chi connectivity index (χ3v) is 8.31. The minimum Gasteiger partial charge on any atom is -0.490 e. The molecule has 2 saturated heterocycles. The van der Waals surface area contributed by atoms with Crippen LogP contribution in [-0.2, 0) is 14.6 Å². The fourth-order valence-corrected chi connectivity index (χ4v) is 7.72. The lowest BCUT2D eigenvalue weighted by atomic mass is 10.2. The van der Waals surface area contributed by atoms with Crippen LogP contribution in [-0.4, -0.2) is 55.5 Å². The van der Waals surface area contributed by atoms with E-state index in [0.717, 1.165) is 4.47 Å². The number of fused-ring (bicyclic) bond motifs is 1. The zero-order chi connectivity index (χ0) is 20.5. The predicted octanol–water partition coefficient (Wildman–Crippen LogP) is 3.26. The second-order valence-corrected chi connectivity index (χ2v) is 10.6. The summed E-state index contributed by atoms with van der Waals surface area (Å²) in [5.41, 5.74) is 0.714. The highest BCUT2D eigenvalue weighted by molar-refractivity contribution is 9.10. The van der Waals surface area contributed by atoms with Gasteiger partial charge in [-0.2, -0.15) is 4.99 Å². The van der Waals surface area contributed by atoms with Crippen LogP contribution in [0.4, 0.5) is 5.69 Å². The van der Waals surface area contributed by atoms with E-state index in [9.17, 15) is 13.2 Å². The van der Waals surface area contributed by atoms with Crippen molar-refractivity contribution in [2.75, 3.05) is 29.6 Å². The summed E-state index contributed by atoms with van der Waals surface area (Å²) in [4.78, 5) is 18.1. The highest BCUT2D eigenvalue weighted by Gasteiger charge is 2.50. The first-order valence-electron chi connectivity index (χ1n) is 9.16. The van der Waals surface area contributed by atoms with Crippen LogP contribution in [0.1, 0.15) is 27.2 Å². The number of benzene rings is 1. The fraction of sp³-hybridized carbons (Fsp3) is 0.556. The van der Waals surface area contributed by atoms with Gasteiger partial charge in [-0.15, -0.1) is 0 Å². The van der Waals surface area contributed by atoms with Crippen LogP contribution in [0.15, 0.2) is 21.6 Å². The number of carbonyl (C=O) groups excluding carboxylic acids is 1. The van der Waals surface area contributed by atoms with E-state index in [2.05, 4.69) is 20.9 Å². The van der Waals surface area contributed by atoms with E-state index in [1.807, 2.05) is 30.9 Å². The van der Waals surface area contributed by atoms with Gasteiger partial charge in [0.05, 0.1) is 36.4 Å². The van der Waals surface area contributed by atoms with Gasteiger partial charge in [0.2, 0.25) is 5.91 Å². The van der Waals surface area contributed by atoms with E-state index >= 15 is 0 Å². The van der Waals surface area contributed by atoms with Crippen molar-refractivity contribution in [1.29, 1.82) is 0 Å². The number of halogens is 1. The van der Waals surface area contributed by atoms with Crippen molar-refractivity contribution < 1.29 is 22.7 Å². The first-order valence-corrected chi connectivity index (χ1v) is 12.7. The molecule has 0 saturated carbocycles. The first-order chi connectivity index (χ1) is 13.3. The van der Waals surface area contributed by atoms with Gasteiger partial charge in [0.1, 0.15) is 0 Å². The van der Waals surface area contributed by atoms with Crippen molar-refractivity contribution in [3.05, 3.63) is 16.6 Å². The van der Waals surface area contributed by atoms with E-state index in [4.69, 9.17) is 9.47 Å². The largest absolute Gasteiger partial charge is 0.490 e. The molecule has 1 aromatic carbocycles. The van der Waals surface area contributed by atoms with Crippen molar-refractivity contribution in [3.63, 3.8) is 0 Å². The van der Waals surface area contributed by atoms with Crippen LogP contribution in [0.5, 0.6) is 11.5 Å². The summed E-state index contributed by atoms with van der Waals surface area (Å²) in [5, 5.41) is 0.381. The van der Waals surface area contributed by atoms with Crippen molar-refractivity contribution in [2.24, 2.45) is 4.99 Å². The Hall–Kier alpha value is -1.26. The molecule has 0 aliphatic carbocycles. The maximum absolute atomic E-state index is 12.2. The normalized spacial score (nSPS) is 24.4. The monoisotopic (exact) mass is 490 g/mol. The topological polar surface area (TPSA) is 85.3 Å². The van der Waals surface area contributed by atoms with Crippen LogP contribution in [0, 0.1) is 0 Å². The third kappa shape index (κ3) is 4.33. The summed E-state index contributed by atoms with van der Waals surface area (Å²) in [6, 6.07) is 3.35. The molecular formula is C18H23BrN2O5S2. The quantitative estimate of drug-likeness (QED) is 0.604. The number of nitrogens with zero attached hydrogens (tertiary/aromatic N) is 2. The molecular weight excluding hydrogens is 468 g/mol. The smallest absolute Gasteiger partial charge is 0.247 e. The third-order valence-electron chi connectivity index (χ3n) is 4.46. The second kappa shape index (κ2) is 8.62. The van der Waals surface area contributed by atoms with E-state index in [-0.39, 0.29) is 28.7 Å². The number of hydrogen-bond donors (Lipinski definition) is 0. The highest BCUT2D eigenvalue weighted by Crippen LogP contribution is 2.46. The van der Waals surface area contributed by atoms with Crippen molar-refractivity contribution in [2.45, 2.75) is 38.5 Å². The van der Waals surface area contributed by atoms with Crippen molar-refractivity contribution in [1.82, 2.24) is 0 Å². The zero-order valence-corrected chi connectivity index (χ0v) is 19.2. The van der Waals surface area contributed by atoms with Gasteiger partial charge in [-0.1, -0.05) is 18.7 Å². The summed E-state index contributed by atoms with van der Waals surface area (Å²) in [5.74, 6) is 1.06. The maximum Gasteiger partial charge on any atom is 0.247 e. The molecule has 2 heterocycles. The molecule has 154 valence electrons. The van der Waals surface area contributed by atoms with Crippen LogP contribution in [0.3, 0.4) is 0 Å². The molecule has 0 N–H and O–H groups in total. The molecule has 0 spiro atoms. The number of aliphatic imine (C=N–C) groups is 1. The molecule has 1 aromatic rings. The Morgan fingerprint density at radius 3 is 2.46 bits per heavy atom. The molecule has 2 fully saturated rings. The lowest BCUT2D eigenvalue weighted by Gasteiger charge is -2.27. The van der Waals surface area contributed by atoms with Gasteiger partial charge in [-0.3, -0.25) is 4.79 Å². The predicted molar refractivity (Wildman–Crippen MR) is 116 cm³/mol. The van der Waals surface area contributed by atoms with Crippen LogP contribution >= 0.6 is 27.7 Å². The van der Waals surface area contributed by atoms with Gasteiger partial charge in [0.25, 0.3) is 0 Å². The molecule has 0 unspecified atom stereocenters. The van der Waals surface area contributed by atoms with Crippen LogP contribution < -0.4 is 14.4 Å². The van der Waals surface area contributed by atoms with Gasteiger partial charge in [-0.25, -0.2) is 8.42 Å². The average Bonchev–Trinajstić information content (AvgIpc) is 3.08. The summed E-state index contributed by atoms with van der Waals surface area (Å²) < 4.78 is 36.5. The highest BCUT2D eigenvalue weighted by atomic mass is 79.9. The van der Waals surface area contributed by atoms with Gasteiger partial charge in [-0.05, 0) is 29.8 Å². The number of ether oxygens (including phenoxy) is 2. The minimum atomic E-state index is -3.13. The van der Waals surface area contributed by atoms with Gasteiger partial charge in [0.15, 0.2) is 26.5 Å². The Morgan fingerprint density at radius 1 is 1.21 bits per heavy atom. The number of anilines is 1. The molecule has 2 aliphatic rings. The molecule has 0 radical (unpaired) electrons. The minimum absolute atomic E-state index is 0.0353. The molecule has 1 amide bonds. The van der Waals surface area contributed by atoms with Crippen molar-refractivity contribution >= 4 is 54.3 Å². The lowest BCUT2D eigenvalue weighted by Crippen LogP contribution is -2.38. The van der Waals surface area contributed by atoms with Crippen molar-refractivity contribution in [3.8, 4) is 11.5 Å². The number of amides is 1. The molecule has 28 heavy (non-hydrogen) atoms. The fourth-order valence-electron chi connectivity index (χ4n) is 3.28. The number of carbonyl (C=O) groups is 1. The Balaban J connectivity index is 2.09. The molecule has 2 atom stereocenters. The summed E-state index contributed by atoms with van der Waals surface area (Å²) in [6.45, 7) is 6.48. The van der Waals surface area contributed by atoms with E-state index in [1.165, 1.54) is 11.8 Å². The average molecular weight is 491 g/mol. The molecule has 10 heteroatoms. The van der Waals surface area contributed by atoms with Crippen LogP contribution in [0.25, 0.3) is 0 Å². The van der Waals surface area contributed by atoms with Crippen LogP contribution in [0.2, 0.25) is 0 Å². The van der Waals surface area contributed by atoms with Gasteiger partial charge >= 0.3 is 0 Å². The number of thioether (sulfide) groups is 1. The van der Waals surface area contributed by atoms with Gasteiger partial charge in [0, 0.05) is 28.3 Å². The standard InChI is InChI=1S/C18H23BrN2O5S2/c1-4-17(22)20-18-21(13-9-28(23,24)10-16(13)27-18)12-8-15(26-6-3)14(25-5-2)7-11(12)19/h7-8,13,16H,4-6,9-10H2,1-3H3/t13-,16-/m1/s1. The van der Waals surface area contributed by atoms with E-state index in [0.29, 0.717) is 42.0 Å². The zero-order valence-electron chi connectivity index (χ0n) is 16.0. The molecule has 0 bridgehead atoms. The first kappa shape index (κ1) is 21.4. The number of sulfone groups is 1. The summed E-state index contributed by atoms with van der Waals surface area (Å²) >= 11 is 4.93. The summed E-state index contributed by atoms with van der Waals surface area (Å²) in [7, 11) is -3.13. The Kier molecular flexibility index (Phi) is 6.61. The number of amidine groups is 1. The maximum atomic E-state index is 12.2. The summed E-state index contributed by atoms with van der Waals surface area (Å²) in [6.07, 6.45) is 0.292. The molecule has 3 rings (SSSR count). The Bertz CT molecular complexity index is 903. The number of hydrogen-bond acceptors (Lipinski definition) is 6. The lowest BCUT2D eigenvalue weighted by molar-refractivity contribution is -0.117. The molecule has 0 aromatic heterocycles.